The molecule has 4 rings (SSSR count). The zero-order valence-corrected chi connectivity index (χ0v) is 17.6. The number of imide groups is 2. The Hall–Kier alpha value is -4.02. The molecule has 2 aromatic rings. The smallest absolute Gasteiger partial charge is 0.333 e. The summed E-state index contributed by atoms with van der Waals surface area (Å²) in [6.07, 6.45) is 0. The number of phenolic OH excluding ortho intramolecular Hbond substituents is 2. The van der Waals surface area contributed by atoms with E-state index in [1.54, 1.807) is 0 Å². The van der Waals surface area contributed by atoms with Crippen LogP contribution in [0.15, 0.2) is 61.0 Å². The van der Waals surface area contributed by atoms with Crippen molar-refractivity contribution >= 4 is 58.5 Å². The van der Waals surface area contributed by atoms with Gasteiger partial charge in [0.25, 0.3) is 11.8 Å². The van der Waals surface area contributed by atoms with E-state index >= 15 is 0 Å². The molecule has 10 nitrogen and oxygen atoms in total. The van der Waals surface area contributed by atoms with Crippen LogP contribution in [0.5, 0.6) is 11.5 Å². The van der Waals surface area contributed by atoms with Crippen LogP contribution in [0.3, 0.4) is 0 Å². The molecule has 2 heterocycles. The Balaban J connectivity index is 0.000000182. The monoisotopic (exact) mass is 476 g/mol. The summed E-state index contributed by atoms with van der Waals surface area (Å²) in [4.78, 5) is 47.3. The number of nitrogens with one attached hydrogen (secondary N) is 2. The van der Waals surface area contributed by atoms with Crippen molar-refractivity contribution in [3.05, 3.63) is 71.0 Å². The van der Waals surface area contributed by atoms with Crippen molar-refractivity contribution in [1.82, 2.24) is 10.6 Å². The lowest BCUT2D eigenvalue weighted by Gasteiger charge is -2.15. The van der Waals surface area contributed by atoms with Crippen LogP contribution in [0.2, 0.25) is 10.0 Å². The fraction of sp³-hybridized carbons (Fsp3) is 0. The van der Waals surface area contributed by atoms with E-state index in [1.165, 1.54) is 36.4 Å². The number of urea groups is 2. The molecule has 2 saturated heterocycles. The highest BCUT2D eigenvalue weighted by molar-refractivity contribution is 6.38. The summed E-state index contributed by atoms with van der Waals surface area (Å²) in [6, 6.07) is 7.36. The van der Waals surface area contributed by atoms with Gasteiger partial charge in [-0.3, -0.25) is 30.0 Å². The fourth-order valence-electron chi connectivity index (χ4n) is 2.73. The van der Waals surface area contributed by atoms with Gasteiger partial charge < -0.3 is 10.2 Å². The lowest BCUT2D eigenvalue weighted by molar-refractivity contribution is -0.116. The second-order valence-electron chi connectivity index (χ2n) is 6.36. The molecule has 32 heavy (non-hydrogen) atoms. The van der Waals surface area contributed by atoms with E-state index in [9.17, 15) is 24.3 Å². The summed E-state index contributed by atoms with van der Waals surface area (Å²) in [6.45, 7) is 6.97. The molecule has 0 aromatic heterocycles. The first kappa shape index (κ1) is 22.7. The average molecular weight is 477 g/mol. The average Bonchev–Trinajstić information content (AvgIpc) is 3.13. The van der Waals surface area contributed by atoms with Gasteiger partial charge in [-0.05, 0) is 36.4 Å². The molecule has 0 spiro atoms. The number of carbonyl (C=O) groups is 4. The second-order valence-corrected chi connectivity index (χ2v) is 7.17. The van der Waals surface area contributed by atoms with Crippen molar-refractivity contribution < 1.29 is 29.4 Å². The number of hydrogen-bond donors (Lipinski definition) is 4. The highest BCUT2D eigenvalue weighted by atomic mass is 35.5. The van der Waals surface area contributed by atoms with Gasteiger partial charge in [0.15, 0.2) is 5.75 Å². The summed E-state index contributed by atoms with van der Waals surface area (Å²) in [7, 11) is 0. The number of benzene rings is 2. The molecule has 0 bridgehead atoms. The summed E-state index contributed by atoms with van der Waals surface area (Å²) in [5.41, 5.74) is 0.783. The molecule has 0 saturated carbocycles. The SMILES string of the molecule is C=C1C(=O)NC(=O)N1c1cc(Cl)c(O)c(Cl)c1.C=C1C(=O)NC(=O)N1c1ccc(O)cc1. The normalized spacial score (nSPS) is 15.6. The van der Waals surface area contributed by atoms with Crippen molar-refractivity contribution in [2.24, 2.45) is 0 Å². The van der Waals surface area contributed by atoms with Gasteiger partial charge in [-0.25, -0.2) is 9.59 Å². The molecule has 2 aliphatic heterocycles. The van der Waals surface area contributed by atoms with Crippen molar-refractivity contribution in [2.45, 2.75) is 0 Å². The van der Waals surface area contributed by atoms with Crippen LogP contribution in [0.25, 0.3) is 0 Å². The van der Waals surface area contributed by atoms with E-state index in [4.69, 9.17) is 28.3 Å². The van der Waals surface area contributed by atoms with Crippen molar-refractivity contribution in [1.29, 1.82) is 0 Å². The Morgan fingerprint density at radius 1 is 0.719 bits per heavy atom. The van der Waals surface area contributed by atoms with Crippen LogP contribution in [0.1, 0.15) is 0 Å². The molecule has 0 aliphatic carbocycles. The highest BCUT2D eigenvalue weighted by Gasteiger charge is 2.33. The third-order valence-corrected chi connectivity index (χ3v) is 4.86. The Morgan fingerprint density at radius 3 is 1.50 bits per heavy atom. The second kappa shape index (κ2) is 8.61. The first-order valence-electron chi connectivity index (χ1n) is 8.67. The molecule has 0 atom stereocenters. The quantitative estimate of drug-likeness (QED) is 0.387. The van der Waals surface area contributed by atoms with Crippen LogP contribution in [-0.4, -0.2) is 34.1 Å². The van der Waals surface area contributed by atoms with Crippen LogP contribution in [-0.2, 0) is 9.59 Å². The Bertz CT molecular complexity index is 1170. The molecule has 6 amide bonds. The minimum Gasteiger partial charge on any atom is -0.508 e. The first-order chi connectivity index (χ1) is 15.0. The Kier molecular flexibility index (Phi) is 6.10. The van der Waals surface area contributed by atoms with Gasteiger partial charge in [0.05, 0.1) is 21.4 Å². The lowest BCUT2D eigenvalue weighted by Crippen LogP contribution is -2.27. The number of nitrogens with zero attached hydrogens (tertiary/aromatic N) is 2. The largest absolute Gasteiger partial charge is 0.508 e. The third-order valence-electron chi connectivity index (χ3n) is 4.28. The standard InChI is InChI=1S/C10H6Cl2N2O3.C10H8N2O3/c1-4-9(16)13-10(17)14(4)5-2-6(11)8(15)7(12)3-5;1-6-9(14)11-10(15)12(6)7-2-4-8(13)5-3-7/h2-3,15H,1H2,(H,13,16,17);2-5,13H,1H2,(H,11,14,15). The number of halogens is 2. The number of aromatic hydroxyl groups is 2. The molecular weight excluding hydrogens is 463 g/mol. The minimum absolute atomic E-state index is 0.0209. The molecule has 0 radical (unpaired) electrons. The number of phenols is 2. The van der Waals surface area contributed by atoms with Crippen LogP contribution >= 0.6 is 23.2 Å². The zero-order valence-electron chi connectivity index (χ0n) is 16.1. The number of hydrogen-bond acceptors (Lipinski definition) is 6. The molecule has 2 aromatic carbocycles. The predicted molar refractivity (Wildman–Crippen MR) is 117 cm³/mol. The van der Waals surface area contributed by atoms with E-state index in [0.29, 0.717) is 5.69 Å². The van der Waals surface area contributed by atoms with E-state index < -0.39 is 23.9 Å². The van der Waals surface area contributed by atoms with Crippen molar-refractivity contribution in [3.63, 3.8) is 0 Å². The summed E-state index contributed by atoms with van der Waals surface area (Å²) in [5.74, 6) is -1.28. The van der Waals surface area contributed by atoms with Crippen LogP contribution in [0, 0.1) is 0 Å². The Labute approximate surface area is 190 Å². The number of rotatable bonds is 2. The Morgan fingerprint density at radius 2 is 1.12 bits per heavy atom. The van der Waals surface area contributed by atoms with Gasteiger partial charge in [-0.1, -0.05) is 36.4 Å². The molecular formula is C20H14Cl2N4O6. The fourth-order valence-corrected chi connectivity index (χ4v) is 3.20. The van der Waals surface area contributed by atoms with Gasteiger partial charge in [-0.15, -0.1) is 0 Å². The molecule has 12 heteroatoms. The van der Waals surface area contributed by atoms with Crippen LogP contribution in [0.4, 0.5) is 21.0 Å². The summed E-state index contributed by atoms with van der Waals surface area (Å²) in [5, 5.41) is 22.6. The molecule has 2 aliphatic rings. The summed E-state index contributed by atoms with van der Waals surface area (Å²) < 4.78 is 0. The number of amides is 6. The predicted octanol–water partition coefficient (Wildman–Crippen LogP) is 3.23. The van der Waals surface area contributed by atoms with E-state index in [1.807, 2.05) is 0 Å². The molecule has 0 unspecified atom stereocenters. The number of carbonyl (C=O) groups excluding carboxylic acids is 4. The minimum atomic E-state index is -0.641. The highest BCUT2D eigenvalue weighted by Crippen LogP contribution is 2.37. The van der Waals surface area contributed by atoms with Gasteiger partial charge in [0.1, 0.15) is 17.1 Å². The topological polar surface area (TPSA) is 139 Å². The molecule has 4 N–H and O–H groups in total. The van der Waals surface area contributed by atoms with E-state index in [0.717, 1.165) is 9.80 Å². The van der Waals surface area contributed by atoms with Gasteiger partial charge in [0.2, 0.25) is 0 Å². The van der Waals surface area contributed by atoms with Gasteiger partial charge in [-0.2, -0.15) is 0 Å². The summed E-state index contributed by atoms with van der Waals surface area (Å²) >= 11 is 11.4. The first-order valence-corrected chi connectivity index (χ1v) is 9.42. The van der Waals surface area contributed by atoms with E-state index in [-0.39, 0.29) is 38.6 Å². The van der Waals surface area contributed by atoms with Gasteiger partial charge >= 0.3 is 12.1 Å². The maximum Gasteiger partial charge on any atom is 0.333 e. The van der Waals surface area contributed by atoms with E-state index in [2.05, 4.69) is 23.8 Å². The third kappa shape index (κ3) is 4.22. The van der Waals surface area contributed by atoms with Crippen molar-refractivity contribution in [2.75, 3.05) is 9.80 Å². The van der Waals surface area contributed by atoms with Gasteiger partial charge in [0, 0.05) is 0 Å². The lowest BCUT2D eigenvalue weighted by atomic mass is 10.2. The molecule has 2 fully saturated rings. The maximum atomic E-state index is 11.5. The number of anilines is 2. The van der Waals surface area contributed by atoms with Crippen LogP contribution < -0.4 is 20.4 Å². The molecule has 164 valence electrons. The zero-order chi connectivity index (χ0) is 23.7. The maximum absolute atomic E-state index is 11.5. The van der Waals surface area contributed by atoms with Crippen molar-refractivity contribution in [3.8, 4) is 11.5 Å².